The summed E-state index contributed by atoms with van der Waals surface area (Å²) in [5.41, 5.74) is 1.04. The molecule has 0 aliphatic heterocycles. The number of methoxy groups -OCH3 is 1. The zero-order valence-electron chi connectivity index (χ0n) is 11.6. The van der Waals surface area contributed by atoms with Crippen molar-refractivity contribution in [1.82, 2.24) is 4.57 Å². The molecule has 0 amide bonds. The van der Waals surface area contributed by atoms with Gasteiger partial charge in [-0.2, -0.15) is 0 Å². The van der Waals surface area contributed by atoms with Gasteiger partial charge in [0.25, 0.3) is 0 Å². The molecule has 0 radical (unpaired) electrons. The number of ether oxygens (including phenoxy) is 1. The van der Waals surface area contributed by atoms with Crippen molar-refractivity contribution >= 4 is 23.4 Å². The second-order valence-corrected chi connectivity index (χ2v) is 4.93. The van der Waals surface area contributed by atoms with Crippen LogP contribution in [0, 0.1) is 0 Å². The van der Waals surface area contributed by atoms with E-state index in [9.17, 15) is 14.7 Å². The van der Waals surface area contributed by atoms with Gasteiger partial charge in [-0.3, -0.25) is 4.79 Å². The highest BCUT2D eigenvalue weighted by atomic mass is 35.5. The van der Waals surface area contributed by atoms with E-state index in [0.29, 0.717) is 21.9 Å². The molecule has 21 heavy (non-hydrogen) atoms. The Labute approximate surface area is 126 Å². The number of halogens is 1. The third kappa shape index (κ3) is 3.08. The average molecular weight is 308 g/mol. The highest BCUT2D eigenvalue weighted by Gasteiger charge is 2.17. The van der Waals surface area contributed by atoms with E-state index in [2.05, 4.69) is 0 Å². The summed E-state index contributed by atoms with van der Waals surface area (Å²) in [6.45, 7) is 1.60. The number of ketones is 1. The molecular formula is C15H14ClNO4. The summed E-state index contributed by atoms with van der Waals surface area (Å²) in [5.74, 6) is -0.729. The Morgan fingerprint density at radius 2 is 2.10 bits per heavy atom. The highest BCUT2D eigenvalue weighted by molar-refractivity contribution is 6.31. The molecule has 2 aromatic rings. The summed E-state index contributed by atoms with van der Waals surface area (Å²) in [4.78, 5) is 22.7. The van der Waals surface area contributed by atoms with Gasteiger partial charge in [-0.05, 0) is 25.1 Å². The molecule has 0 atom stereocenters. The second kappa shape index (κ2) is 6.01. The minimum Gasteiger partial charge on any atom is -0.496 e. The molecule has 6 heteroatoms. The number of Topliss-reactive ketones (excluding diaryl/α,β-unsaturated/α-hetero) is 1. The van der Waals surface area contributed by atoms with Crippen LogP contribution in [0.15, 0.2) is 30.5 Å². The molecule has 0 bridgehead atoms. The molecule has 1 heterocycles. The lowest BCUT2D eigenvalue weighted by Crippen LogP contribution is -2.09. The number of rotatable bonds is 5. The Balaban J connectivity index is 2.49. The van der Waals surface area contributed by atoms with Crippen molar-refractivity contribution in [3.8, 4) is 5.75 Å². The Morgan fingerprint density at radius 3 is 2.67 bits per heavy atom. The lowest BCUT2D eigenvalue weighted by molar-refractivity contribution is 0.0685. The fourth-order valence-corrected chi connectivity index (χ4v) is 2.29. The first-order valence-electron chi connectivity index (χ1n) is 6.19. The largest absolute Gasteiger partial charge is 0.496 e. The van der Waals surface area contributed by atoms with Crippen molar-refractivity contribution in [3.05, 3.63) is 52.3 Å². The number of aromatic carboxylic acids is 1. The lowest BCUT2D eigenvalue weighted by atomic mass is 10.2. The van der Waals surface area contributed by atoms with Gasteiger partial charge in [-0.25, -0.2) is 4.79 Å². The van der Waals surface area contributed by atoms with Crippen LogP contribution in [-0.2, 0) is 6.54 Å². The molecular weight excluding hydrogens is 294 g/mol. The monoisotopic (exact) mass is 307 g/mol. The lowest BCUT2D eigenvalue weighted by Gasteiger charge is -2.12. The van der Waals surface area contributed by atoms with Gasteiger partial charge in [-0.15, -0.1) is 0 Å². The van der Waals surface area contributed by atoms with Gasteiger partial charge >= 0.3 is 5.97 Å². The maximum atomic E-state index is 11.4. The molecule has 1 aromatic heterocycles. The van der Waals surface area contributed by atoms with Crippen molar-refractivity contribution < 1.29 is 19.4 Å². The van der Waals surface area contributed by atoms with Gasteiger partial charge in [-0.1, -0.05) is 17.7 Å². The van der Waals surface area contributed by atoms with Crippen molar-refractivity contribution in [2.75, 3.05) is 7.11 Å². The van der Waals surface area contributed by atoms with Gasteiger partial charge in [0, 0.05) is 22.3 Å². The van der Waals surface area contributed by atoms with E-state index in [1.807, 2.05) is 0 Å². The molecule has 0 unspecified atom stereocenters. The van der Waals surface area contributed by atoms with Crippen molar-refractivity contribution in [3.63, 3.8) is 0 Å². The number of aromatic nitrogens is 1. The summed E-state index contributed by atoms with van der Waals surface area (Å²) in [6, 6.07) is 6.56. The zero-order chi connectivity index (χ0) is 15.6. The third-order valence-corrected chi connectivity index (χ3v) is 3.50. The summed E-state index contributed by atoms with van der Waals surface area (Å²) in [5, 5.41) is 9.71. The van der Waals surface area contributed by atoms with Crippen LogP contribution in [0.5, 0.6) is 5.75 Å². The third-order valence-electron chi connectivity index (χ3n) is 3.15. The Bertz CT molecular complexity index is 706. The molecule has 0 aliphatic rings. The number of carbonyl (C=O) groups excluding carboxylic acids is 1. The molecule has 1 aromatic carbocycles. The first kappa shape index (κ1) is 15.1. The van der Waals surface area contributed by atoms with Crippen LogP contribution in [0.25, 0.3) is 0 Å². The van der Waals surface area contributed by atoms with Crippen molar-refractivity contribution in [1.29, 1.82) is 0 Å². The van der Waals surface area contributed by atoms with E-state index in [1.54, 1.807) is 18.2 Å². The summed E-state index contributed by atoms with van der Waals surface area (Å²) in [6.07, 6.45) is 1.51. The summed E-state index contributed by atoms with van der Waals surface area (Å²) < 4.78 is 6.72. The first-order chi connectivity index (χ1) is 9.93. The van der Waals surface area contributed by atoms with Crippen molar-refractivity contribution in [2.24, 2.45) is 0 Å². The minimum absolute atomic E-state index is 0.0298. The number of carboxylic acid groups (broad SMARTS) is 1. The van der Waals surface area contributed by atoms with Crippen molar-refractivity contribution in [2.45, 2.75) is 13.5 Å². The van der Waals surface area contributed by atoms with Crippen LogP contribution in [0.4, 0.5) is 0 Å². The zero-order valence-corrected chi connectivity index (χ0v) is 12.3. The maximum absolute atomic E-state index is 11.4. The Kier molecular flexibility index (Phi) is 4.33. The van der Waals surface area contributed by atoms with Crippen LogP contribution in [-0.4, -0.2) is 28.5 Å². The molecule has 110 valence electrons. The Morgan fingerprint density at radius 1 is 1.38 bits per heavy atom. The molecule has 5 nitrogen and oxygen atoms in total. The van der Waals surface area contributed by atoms with E-state index in [1.165, 1.54) is 30.9 Å². The summed E-state index contributed by atoms with van der Waals surface area (Å²) >= 11 is 6.15. The van der Waals surface area contributed by atoms with Gasteiger partial charge in [0.15, 0.2) is 5.78 Å². The normalized spacial score (nSPS) is 10.4. The van der Waals surface area contributed by atoms with E-state index in [4.69, 9.17) is 16.3 Å². The smallest absolute Gasteiger partial charge is 0.352 e. The first-order valence-corrected chi connectivity index (χ1v) is 6.57. The van der Waals surface area contributed by atoms with E-state index >= 15 is 0 Å². The predicted octanol–water partition coefficient (Wildman–Crippen LogP) is 3.10. The number of carboxylic acids is 1. The molecule has 1 N–H and O–H groups in total. The van der Waals surface area contributed by atoms with Gasteiger partial charge < -0.3 is 14.4 Å². The standard InChI is InChI=1S/C15H14ClNO4/c1-9(18)10-6-13(15(19)20)17(7-10)8-11-12(16)4-3-5-14(11)21-2/h3-7H,8H2,1-2H3,(H,19,20). The number of nitrogens with zero attached hydrogens (tertiary/aromatic N) is 1. The van der Waals surface area contributed by atoms with E-state index in [0.717, 1.165) is 0 Å². The fourth-order valence-electron chi connectivity index (χ4n) is 2.07. The highest BCUT2D eigenvalue weighted by Crippen LogP contribution is 2.28. The van der Waals surface area contributed by atoms with Crippen LogP contribution in [0.3, 0.4) is 0 Å². The van der Waals surface area contributed by atoms with Gasteiger partial charge in [0.05, 0.1) is 13.7 Å². The van der Waals surface area contributed by atoms with Crippen LogP contribution in [0.2, 0.25) is 5.02 Å². The van der Waals surface area contributed by atoms with Crippen LogP contribution >= 0.6 is 11.6 Å². The van der Waals surface area contributed by atoms with E-state index < -0.39 is 5.97 Å². The van der Waals surface area contributed by atoms with Crippen LogP contribution in [0.1, 0.15) is 33.3 Å². The molecule has 0 fully saturated rings. The molecule has 0 spiro atoms. The minimum atomic E-state index is -1.10. The maximum Gasteiger partial charge on any atom is 0.352 e. The fraction of sp³-hybridized carbons (Fsp3) is 0.200. The topological polar surface area (TPSA) is 68.5 Å². The van der Waals surface area contributed by atoms with Crippen LogP contribution < -0.4 is 4.74 Å². The predicted molar refractivity (Wildman–Crippen MR) is 78.5 cm³/mol. The number of hydrogen-bond acceptors (Lipinski definition) is 3. The molecule has 0 aliphatic carbocycles. The van der Waals surface area contributed by atoms with E-state index in [-0.39, 0.29) is 18.0 Å². The number of hydrogen-bond donors (Lipinski definition) is 1. The van der Waals surface area contributed by atoms with Gasteiger partial charge in [0.2, 0.25) is 0 Å². The quantitative estimate of drug-likeness (QED) is 0.862. The molecule has 0 saturated carbocycles. The number of carbonyl (C=O) groups is 2. The molecule has 0 saturated heterocycles. The summed E-state index contributed by atoms with van der Waals surface area (Å²) in [7, 11) is 1.52. The molecule has 2 rings (SSSR count). The number of benzene rings is 1. The Hall–Kier alpha value is -2.27. The second-order valence-electron chi connectivity index (χ2n) is 4.52. The van der Waals surface area contributed by atoms with Gasteiger partial charge in [0.1, 0.15) is 11.4 Å². The average Bonchev–Trinajstić information content (AvgIpc) is 2.85. The SMILES string of the molecule is COc1cccc(Cl)c1Cn1cc(C(C)=O)cc1C(=O)O.